The molecule has 3 rings (SSSR count). The minimum absolute atomic E-state index is 0. The van der Waals surface area contributed by atoms with Crippen molar-refractivity contribution in [3.63, 3.8) is 0 Å². The molecule has 4 atom stereocenters. The Morgan fingerprint density at radius 2 is 1.89 bits per heavy atom. The predicted molar refractivity (Wildman–Crippen MR) is 111 cm³/mol. The number of carbonyl (C=O) groups excluding carboxylic acids is 2. The van der Waals surface area contributed by atoms with E-state index in [4.69, 9.17) is 5.73 Å². The number of fused-ring (bicyclic) bond motifs is 1. The second-order valence-electron chi connectivity index (χ2n) is 7.94. The fraction of sp³-hybridized carbons (Fsp3) is 0.619. The lowest BCUT2D eigenvalue weighted by Crippen LogP contribution is -2.47. The highest BCUT2D eigenvalue weighted by Gasteiger charge is 2.41. The summed E-state index contributed by atoms with van der Waals surface area (Å²) in [5.41, 5.74) is 8.01. The molecule has 4 unspecified atom stereocenters. The number of nitrogens with zero attached hydrogens (tertiary/aromatic N) is 1. The Hall–Kier alpha value is -1.59. The van der Waals surface area contributed by atoms with Crippen molar-refractivity contribution in [3.05, 3.63) is 29.8 Å². The molecule has 2 aliphatic rings. The van der Waals surface area contributed by atoms with E-state index in [1.807, 2.05) is 30.0 Å². The van der Waals surface area contributed by atoms with E-state index in [2.05, 4.69) is 18.3 Å². The summed E-state index contributed by atoms with van der Waals surface area (Å²) in [6.07, 6.45) is 5.28. The van der Waals surface area contributed by atoms with Gasteiger partial charge in [-0.15, -0.1) is 12.4 Å². The molecule has 0 radical (unpaired) electrons. The topological polar surface area (TPSA) is 75.4 Å². The van der Waals surface area contributed by atoms with E-state index >= 15 is 0 Å². The Balaban J connectivity index is 0.00000261. The second-order valence-corrected chi connectivity index (χ2v) is 7.94. The highest BCUT2D eigenvalue weighted by atomic mass is 35.5. The van der Waals surface area contributed by atoms with Gasteiger partial charge in [-0.05, 0) is 51.2 Å². The first-order valence-corrected chi connectivity index (χ1v) is 9.93. The Morgan fingerprint density at radius 3 is 2.59 bits per heavy atom. The van der Waals surface area contributed by atoms with Gasteiger partial charge in [-0.25, -0.2) is 0 Å². The summed E-state index contributed by atoms with van der Waals surface area (Å²) in [7, 11) is 0. The van der Waals surface area contributed by atoms with E-state index in [0.29, 0.717) is 6.54 Å². The normalized spacial score (nSPS) is 25.3. The van der Waals surface area contributed by atoms with Crippen LogP contribution in [0.3, 0.4) is 0 Å². The van der Waals surface area contributed by atoms with Gasteiger partial charge in [-0.2, -0.15) is 0 Å². The van der Waals surface area contributed by atoms with E-state index < -0.39 is 0 Å². The number of carbonyl (C=O) groups is 2. The van der Waals surface area contributed by atoms with Crippen LogP contribution in [0.1, 0.15) is 51.5 Å². The molecular formula is C21H32ClN3O2. The molecule has 0 saturated heterocycles. The van der Waals surface area contributed by atoms with Crippen LogP contribution in [0.15, 0.2) is 24.3 Å². The number of anilines is 1. The fourth-order valence-corrected chi connectivity index (χ4v) is 4.37. The van der Waals surface area contributed by atoms with E-state index in [1.54, 1.807) is 0 Å². The summed E-state index contributed by atoms with van der Waals surface area (Å²) < 4.78 is 0. The molecule has 3 N–H and O–H groups in total. The molecule has 0 aromatic heterocycles. The summed E-state index contributed by atoms with van der Waals surface area (Å²) >= 11 is 0. The SMILES string of the molecule is CC(N)CCNC(=O)C1CCCCC1C(=O)N1c2ccccc2CC1C.Cl. The van der Waals surface area contributed by atoms with Crippen molar-refractivity contribution in [1.29, 1.82) is 0 Å². The Labute approximate surface area is 168 Å². The lowest BCUT2D eigenvalue weighted by molar-refractivity contribution is -0.135. The standard InChI is InChI=1S/C21H31N3O2.ClH/c1-14(22)11-12-23-20(25)17-8-4-5-9-18(17)21(26)24-15(2)13-16-7-3-6-10-19(16)24;/h3,6-7,10,14-15,17-18H,4-5,8-9,11-13,22H2,1-2H3,(H,23,25);1H. The Kier molecular flexibility index (Phi) is 7.68. The van der Waals surface area contributed by atoms with Crippen molar-refractivity contribution in [2.45, 2.75) is 64.5 Å². The molecule has 1 heterocycles. The first-order chi connectivity index (χ1) is 12.5. The molecule has 1 aromatic carbocycles. The lowest BCUT2D eigenvalue weighted by Gasteiger charge is -2.34. The second kappa shape index (κ2) is 9.56. The largest absolute Gasteiger partial charge is 0.356 e. The molecule has 1 aliphatic heterocycles. The van der Waals surface area contributed by atoms with Crippen LogP contribution in [-0.4, -0.2) is 30.4 Å². The third-order valence-corrected chi connectivity index (χ3v) is 5.76. The summed E-state index contributed by atoms with van der Waals surface area (Å²) in [5.74, 6) is -0.296. The Morgan fingerprint density at radius 1 is 1.22 bits per heavy atom. The van der Waals surface area contributed by atoms with Crippen LogP contribution in [0.2, 0.25) is 0 Å². The number of nitrogens with two attached hydrogens (primary N) is 1. The van der Waals surface area contributed by atoms with E-state index in [-0.39, 0.29) is 48.1 Å². The Bertz CT molecular complexity index is 665. The van der Waals surface area contributed by atoms with Crippen molar-refractivity contribution in [3.8, 4) is 0 Å². The number of hydrogen-bond acceptors (Lipinski definition) is 3. The van der Waals surface area contributed by atoms with Gasteiger partial charge in [-0.1, -0.05) is 31.0 Å². The molecule has 2 amide bonds. The van der Waals surface area contributed by atoms with Crippen LogP contribution in [0.4, 0.5) is 5.69 Å². The number of nitrogens with one attached hydrogen (secondary N) is 1. The van der Waals surface area contributed by atoms with Gasteiger partial charge < -0.3 is 16.0 Å². The highest BCUT2D eigenvalue weighted by Crippen LogP contribution is 2.38. The van der Waals surface area contributed by atoms with Gasteiger partial charge >= 0.3 is 0 Å². The van der Waals surface area contributed by atoms with Crippen LogP contribution in [0, 0.1) is 11.8 Å². The van der Waals surface area contributed by atoms with Gasteiger partial charge in [0.25, 0.3) is 0 Å². The summed E-state index contributed by atoms with van der Waals surface area (Å²) in [6, 6.07) is 8.35. The molecular weight excluding hydrogens is 362 g/mol. The monoisotopic (exact) mass is 393 g/mol. The van der Waals surface area contributed by atoms with Crippen LogP contribution in [0.25, 0.3) is 0 Å². The smallest absolute Gasteiger partial charge is 0.231 e. The molecule has 150 valence electrons. The number of amides is 2. The van der Waals surface area contributed by atoms with Crippen molar-refractivity contribution >= 4 is 29.9 Å². The van der Waals surface area contributed by atoms with E-state index in [9.17, 15) is 9.59 Å². The van der Waals surface area contributed by atoms with E-state index in [0.717, 1.165) is 44.2 Å². The molecule has 5 nitrogen and oxygen atoms in total. The van der Waals surface area contributed by atoms with Gasteiger partial charge in [0.05, 0.1) is 5.92 Å². The van der Waals surface area contributed by atoms with Gasteiger partial charge in [-0.3, -0.25) is 9.59 Å². The average Bonchev–Trinajstić information content (AvgIpc) is 2.96. The maximum atomic E-state index is 13.4. The maximum Gasteiger partial charge on any atom is 0.231 e. The lowest BCUT2D eigenvalue weighted by atomic mass is 9.77. The summed E-state index contributed by atoms with van der Waals surface area (Å²) in [4.78, 5) is 28.0. The number of hydrogen-bond donors (Lipinski definition) is 2. The minimum atomic E-state index is -0.218. The first kappa shape index (κ1) is 21.7. The fourth-order valence-electron chi connectivity index (χ4n) is 4.37. The van der Waals surface area contributed by atoms with Crippen molar-refractivity contribution in [1.82, 2.24) is 5.32 Å². The molecule has 1 fully saturated rings. The highest BCUT2D eigenvalue weighted by molar-refractivity contribution is 6.00. The van der Waals surface area contributed by atoms with Crippen LogP contribution in [-0.2, 0) is 16.0 Å². The van der Waals surface area contributed by atoms with Gasteiger partial charge in [0, 0.05) is 30.2 Å². The quantitative estimate of drug-likeness (QED) is 0.807. The van der Waals surface area contributed by atoms with Crippen LogP contribution < -0.4 is 16.0 Å². The van der Waals surface area contributed by atoms with Crippen molar-refractivity contribution in [2.75, 3.05) is 11.4 Å². The average molecular weight is 394 g/mol. The molecule has 1 aliphatic carbocycles. The zero-order chi connectivity index (χ0) is 18.7. The molecule has 27 heavy (non-hydrogen) atoms. The molecule has 1 saturated carbocycles. The van der Waals surface area contributed by atoms with Crippen molar-refractivity contribution < 1.29 is 9.59 Å². The zero-order valence-corrected chi connectivity index (χ0v) is 17.1. The third kappa shape index (κ3) is 4.82. The third-order valence-electron chi connectivity index (χ3n) is 5.76. The molecule has 0 bridgehead atoms. The number of benzene rings is 1. The number of halogens is 1. The van der Waals surface area contributed by atoms with E-state index in [1.165, 1.54) is 5.56 Å². The first-order valence-electron chi connectivity index (χ1n) is 9.93. The minimum Gasteiger partial charge on any atom is -0.356 e. The molecule has 0 spiro atoms. The van der Waals surface area contributed by atoms with Crippen LogP contribution in [0.5, 0.6) is 0 Å². The van der Waals surface area contributed by atoms with Gasteiger partial charge in [0.1, 0.15) is 0 Å². The summed E-state index contributed by atoms with van der Waals surface area (Å²) in [6.45, 7) is 4.61. The molecule has 6 heteroatoms. The van der Waals surface area contributed by atoms with Gasteiger partial charge in [0.2, 0.25) is 11.8 Å². The van der Waals surface area contributed by atoms with Gasteiger partial charge in [0.15, 0.2) is 0 Å². The predicted octanol–water partition coefficient (Wildman–Crippen LogP) is 3.05. The molecule has 1 aromatic rings. The number of para-hydroxylation sites is 1. The van der Waals surface area contributed by atoms with Crippen LogP contribution >= 0.6 is 12.4 Å². The zero-order valence-electron chi connectivity index (χ0n) is 16.3. The number of rotatable bonds is 5. The van der Waals surface area contributed by atoms with Crippen molar-refractivity contribution in [2.24, 2.45) is 17.6 Å². The summed E-state index contributed by atoms with van der Waals surface area (Å²) in [5, 5.41) is 3.00. The maximum absolute atomic E-state index is 13.4.